The van der Waals surface area contributed by atoms with Crippen LogP contribution in [0.2, 0.25) is 0 Å². The van der Waals surface area contributed by atoms with Crippen LogP contribution in [0.5, 0.6) is 5.75 Å². The minimum atomic E-state index is -3.71. The molecular weight excluding hydrogens is 354 g/mol. The Morgan fingerprint density at radius 1 is 1.10 bits per heavy atom. The van der Waals surface area contributed by atoms with E-state index < -0.39 is 10.0 Å². The van der Waals surface area contributed by atoms with Crippen molar-refractivity contribution in [2.75, 3.05) is 0 Å². The van der Waals surface area contributed by atoms with Gasteiger partial charge in [0.1, 0.15) is 12.4 Å². The Morgan fingerprint density at radius 2 is 1.62 bits per heavy atom. The lowest BCUT2D eigenvalue weighted by Gasteiger charge is -2.12. The van der Waals surface area contributed by atoms with Crippen LogP contribution >= 0.6 is 15.9 Å². The molecule has 21 heavy (non-hydrogen) atoms. The summed E-state index contributed by atoms with van der Waals surface area (Å²) in [6.07, 6.45) is 0. The van der Waals surface area contributed by atoms with Crippen molar-refractivity contribution in [3.63, 3.8) is 0 Å². The molecule has 0 bridgehead atoms. The van der Waals surface area contributed by atoms with Crippen LogP contribution in [0.3, 0.4) is 0 Å². The van der Waals surface area contributed by atoms with Crippen molar-refractivity contribution in [1.29, 1.82) is 0 Å². The van der Waals surface area contributed by atoms with Gasteiger partial charge in [0.05, 0.1) is 4.90 Å². The highest BCUT2D eigenvalue weighted by Gasteiger charge is 2.16. The first kappa shape index (κ1) is 16.0. The molecule has 2 rings (SSSR count). The van der Waals surface area contributed by atoms with Crippen molar-refractivity contribution in [2.45, 2.75) is 25.3 Å². The summed E-state index contributed by atoms with van der Waals surface area (Å²) in [5.41, 5.74) is 2.20. The van der Waals surface area contributed by atoms with Gasteiger partial charge in [0.15, 0.2) is 0 Å². The van der Waals surface area contributed by atoms with Gasteiger partial charge in [-0.2, -0.15) is 0 Å². The lowest BCUT2D eigenvalue weighted by Crippen LogP contribution is -2.15. The minimum Gasteiger partial charge on any atom is -0.489 e. The van der Waals surface area contributed by atoms with E-state index in [1.165, 1.54) is 0 Å². The van der Waals surface area contributed by atoms with Crippen molar-refractivity contribution < 1.29 is 13.2 Å². The number of sulfonamides is 1. The van der Waals surface area contributed by atoms with Crippen molar-refractivity contribution in [1.82, 2.24) is 0 Å². The van der Waals surface area contributed by atoms with E-state index in [2.05, 4.69) is 15.9 Å². The first-order valence-electron chi connectivity index (χ1n) is 6.28. The maximum atomic E-state index is 11.5. The van der Waals surface area contributed by atoms with E-state index in [1.807, 2.05) is 24.3 Å². The fraction of sp³-hybridized carbons (Fsp3) is 0.200. The van der Waals surface area contributed by atoms with Gasteiger partial charge in [0.25, 0.3) is 0 Å². The summed E-state index contributed by atoms with van der Waals surface area (Å²) in [5.74, 6) is 0.625. The molecule has 0 aliphatic rings. The maximum absolute atomic E-state index is 11.5. The molecule has 0 spiro atoms. The molecule has 2 N–H and O–H groups in total. The molecule has 0 heterocycles. The van der Waals surface area contributed by atoms with Gasteiger partial charge >= 0.3 is 0 Å². The Balaban J connectivity index is 2.21. The number of hydrogen-bond acceptors (Lipinski definition) is 3. The lowest BCUT2D eigenvalue weighted by atomic mass is 10.1. The summed E-state index contributed by atoms with van der Waals surface area (Å²) in [5, 5.41) is 5.21. The van der Waals surface area contributed by atoms with Gasteiger partial charge in [0, 0.05) is 4.47 Å². The number of halogens is 1. The zero-order chi connectivity index (χ0) is 15.6. The Hall–Kier alpha value is -1.37. The molecular formula is C15H16BrNO3S. The van der Waals surface area contributed by atoms with Gasteiger partial charge in [-0.3, -0.25) is 0 Å². The van der Waals surface area contributed by atoms with E-state index in [9.17, 15) is 8.42 Å². The SMILES string of the molecule is Cc1cc(OCc2ccc(Br)cc2)cc(C)c1S(N)(=O)=O. The number of nitrogens with two attached hydrogens (primary N) is 1. The van der Waals surface area contributed by atoms with Crippen LogP contribution in [0.15, 0.2) is 45.8 Å². The smallest absolute Gasteiger partial charge is 0.238 e. The van der Waals surface area contributed by atoms with Crippen LogP contribution in [0.4, 0.5) is 0 Å². The van der Waals surface area contributed by atoms with Crippen molar-refractivity contribution >= 4 is 26.0 Å². The average molecular weight is 370 g/mol. The standard InChI is InChI=1S/C15H16BrNO3S/c1-10-7-14(8-11(2)15(10)21(17,18)19)20-9-12-3-5-13(16)6-4-12/h3-8H,9H2,1-2H3,(H2,17,18,19). The normalized spacial score (nSPS) is 11.4. The summed E-state index contributed by atoms with van der Waals surface area (Å²) < 4.78 is 29.8. The fourth-order valence-electron chi connectivity index (χ4n) is 2.19. The number of ether oxygens (including phenoxy) is 1. The van der Waals surface area contributed by atoms with Gasteiger partial charge in [-0.1, -0.05) is 28.1 Å². The summed E-state index contributed by atoms with van der Waals surface area (Å²) in [4.78, 5) is 0.165. The molecule has 0 saturated heterocycles. The van der Waals surface area contributed by atoms with Crippen LogP contribution < -0.4 is 9.88 Å². The van der Waals surface area contributed by atoms with Gasteiger partial charge in [-0.15, -0.1) is 0 Å². The molecule has 0 saturated carbocycles. The highest BCUT2D eigenvalue weighted by Crippen LogP contribution is 2.25. The van der Waals surface area contributed by atoms with E-state index in [-0.39, 0.29) is 4.90 Å². The molecule has 6 heteroatoms. The van der Waals surface area contributed by atoms with Crippen LogP contribution in [-0.4, -0.2) is 8.42 Å². The van der Waals surface area contributed by atoms with Gasteiger partial charge in [-0.25, -0.2) is 13.6 Å². The Kier molecular flexibility index (Phi) is 4.70. The summed E-state index contributed by atoms with van der Waals surface area (Å²) in [6, 6.07) is 11.2. The second-order valence-corrected chi connectivity index (χ2v) is 7.26. The van der Waals surface area contributed by atoms with E-state index in [0.29, 0.717) is 23.5 Å². The van der Waals surface area contributed by atoms with Crippen LogP contribution in [0.25, 0.3) is 0 Å². The van der Waals surface area contributed by atoms with Crippen LogP contribution in [0.1, 0.15) is 16.7 Å². The number of aryl methyl sites for hydroxylation is 2. The first-order chi connectivity index (χ1) is 9.77. The quantitative estimate of drug-likeness (QED) is 0.898. The predicted molar refractivity (Wildman–Crippen MR) is 85.8 cm³/mol. The van der Waals surface area contributed by atoms with Gasteiger partial charge in [0.2, 0.25) is 10.0 Å². The zero-order valence-corrected chi connectivity index (χ0v) is 14.2. The molecule has 2 aromatic rings. The molecule has 0 aliphatic heterocycles. The molecule has 0 aromatic heterocycles. The molecule has 0 atom stereocenters. The molecule has 0 amide bonds. The molecule has 4 nitrogen and oxygen atoms in total. The Bertz CT molecular complexity index is 732. The Morgan fingerprint density at radius 3 is 2.10 bits per heavy atom. The van der Waals surface area contributed by atoms with E-state index in [0.717, 1.165) is 10.0 Å². The lowest BCUT2D eigenvalue weighted by molar-refractivity contribution is 0.305. The molecule has 0 radical (unpaired) electrons. The molecule has 0 fully saturated rings. The summed E-state index contributed by atoms with van der Waals surface area (Å²) in [6.45, 7) is 3.83. The third kappa shape index (κ3) is 4.06. The van der Waals surface area contributed by atoms with E-state index in [1.54, 1.807) is 26.0 Å². The Labute approximate surface area is 133 Å². The topological polar surface area (TPSA) is 69.4 Å². The first-order valence-corrected chi connectivity index (χ1v) is 8.62. The van der Waals surface area contributed by atoms with Crippen molar-refractivity contribution in [3.05, 3.63) is 57.6 Å². The van der Waals surface area contributed by atoms with Crippen LogP contribution in [0, 0.1) is 13.8 Å². The summed E-state index contributed by atoms with van der Waals surface area (Å²) >= 11 is 3.38. The molecule has 112 valence electrons. The van der Waals surface area contributed by atoms with Crippen LogP contribution in [-0.2, 0) is 16.6 Å². The van der Waals surface area contributed by atoms with Gasteiger partial charge in [-0.05, 0) is 54.8 Å². The van der Waals surface area contributed by atoms with Gasteiger partial charge < -0.3 is 4.74 Å². The summed E-state index contributed by atoms with van der Waals surface area (Å²) in [7, 11) is -3.71. The minimum absolute atomic E-state index is 0.165. The fourth-order valence-corrected chi connectivity index (χ4v) is 3.47. The average Bonchev–Trinajstić information content (AvgIpc) is 2.35. The third-order valence-corrected chi connectivity index (χ3v) is 4.78. The van der Waals surface area contributed by atoms with Crippen molar-refractivity contribution in [3.8, 4) is 5.75 Å². The molecule has 0 aliphatic carbocycles. The number of primary sulfonamides is 1. The zero-order valence-electron chi connectivity index (χ0n) is 11.8. The number of rotatable bonds is 4. The van der Waals surface area contributed by atoms with Crippen molar-refractivity contribution in [2.24, 2.45) is 5.14 Å². The van der Waals surface area contributed by atoms with E-state index in [4.69, 9.17) is 9.88 Å². The molecule has 2 aromatic carbocycles. The highest BCUT2D eigenvalue weighted by atomic mass is 79.9. The number of benzene rings is 2. The third-order valence-electron chi connectivity index (χ3n) is 3.04. The highest BCUT2D eigenvalue weighted by molar-refractivity contribution is 9.10. The van der Waals surface area contributed by atoms with E-state index >= 15 is 0 Å². The predicted octanol–water partition coefficient (Wildman–Crippen LogP) is 3.29. The monoisotopic (exact) mass is 369 g/mol. The second-order valence-electron chi connectivity index (χ2n) is 4.85. The second kappa shape index (κ2) is 6.17. The maximum Gasteiger partial charge on any atom is 0.238 e. The largest absolute Gasteiger partial charge is 0.489 e. The number of hydrogen-bond donors (Lipinski definition) is 1. The molecule has 0 unspecified atom stereocenters.